The molecule has 0 bridgehead atoms. The van der Waals surface area contributed by atoms with Gasteiger partial charge >= 0.3 is 0 Å². The van der Waals surface area contributed by atoms with Gasteiger partial charge in [-0.15, -0.1) is 0 Å². The van der Waals surface area contributed by atoms with Crippen molar-refractivity contribution < 1.29 is 14.4 Å². The highest BCUT2D eigenvalue weighted by molar-refractivity contribution is 14.1. The molecule has 1 atom stereocenters. The summed E-state index contributed by atoms with van der Waals surface area (Å²) in [5.74, 6) is 1.14. The molecule has 1 aromatic carbocycles. The molecule has 0 aliphatic carbocycles. The van der Waals surface area contributed by atoms with Gasteiger partial charge in [0.25, 0.3) is 5.89 Å². The van der Waals surface area contributed by atoms with Gasteiger partial charge in [-0.05, 0) is 47.8 Å². The van der Waals surface area contributed by atoms with Crippen LogP contribution >= 0.6 is 22.6 Å². The van der Waals surface area contributed by atoms with Crippen LogP contribution < -0.4 is 0 Å². The number of ether oxygens (including phenoxy) is 1. The van der Waals surface area contributed by atoms with E-state index in [9.17, 15) is 5.11 Å². The van der Waals surface area contributed by atoms with E-state index in [1.165, 1.54) is 0 Å². The van der Waals surface area contributed by atoms with E-state index < -0.39 is 0 Å². The summed E-state index contributed by atoms with van der Waals surface area (Å²) in [6.07, 6.45) is -0.163. The van der Waals surface area contributed by atoms with Gasteiger partial charge in [0, 0.05) is 18.7 Å². The number of hydrogen-bond donors (Lipinski definition) is 1. The van der Waals surface area contributed by atoms with Crippen LogP contribution in [-0.2, 0) is 4.74 Å². The van der Waals surface area contributed by atoms with Crippen molar-refractivity contribution in [3.63, 3.8) is 0 Å². The molecule has 0 amide bonds. The van der Waals surface area contributed by atoms with Crippen molar-refractivity contribution in [1.82, 2.24) is 15.0 Å². The molecule has 1 unspecified atom stereocenters. The average molecular weight is 387 g/mol. The number of benzene rings is 1. The zero-order valence-electron chi connectivity index (χ0n) is 10.9. The first kappa shape index (κ1) is 13.8. The monoisotopic (exact) mass is 387 g/mol. The summed E-state index contributed by atoms with van der Waals surface area (Å²) in [5, 5.41) is 13.7. The largest absolute Gasteiger partial charge is 0.507 e. The smallest absolute Gasteiger partial charge is 0.258 e. The molecule has 1 aliphatic heterocycles. The van der Waals surface area contributed by atoms with E-state index in [-0.39, 0.29) is 11.9 Å². The highest BCUT2D eigenvalue weighted by Crippen LogP contribution is 2.28. The van der Waals surface area contributed by atoms with E-state index >= 15 is 0 Å². The molecule has 7 heteroatoms. The number of likely N-dealkylation sites (N-methyl/N-ethyl adjacent to an activating group) is 1. The average Bonchev–Trinajstić information content (AvgIpc) is 2.92. The second-order valence-corrected chi connectivity index (χ2v) is 5.91. The molecule has 0 spiro atoms. The summed E-state index contributed by atoms with van der Waals surface area (Å²) in [5.41, 5.74) is 0.700. The Labute approximate surface area is 129 Å². The Bertz CT molecular complexity index is 617. The van der Waals surface area contributed by atoms with Crippen molar-refractivity contribution in [1.29, 1.82) is 0 Å². The lowest BCUT2D eigenvalue weighted by Crippen LogP contribution is -2.35. The fourth-order valence-corrected chi connectivity index (χ4v) is 2.40. The molecule has 1 saturated heterocycles. The number of aromatic nitrogens is 2. The first-order valence-corrected chi connectivity index (χ1v) is 7.34. The molecule has 1 N–H and O–H groups in total. The second kappa shape index (κ2) is 5.66. The number of nitrogens with zero attached hydrogens (tertiary/aromatic N) is 3. The van der Waals surface area contributed by atoms with E-state index in [0.29, 0.717) is 23.9 Å². The van der Waals surface area contributed by atoms with Crippen LogP contribution in [0.15, 0.2) is 22.7 Å². The zero-order valence-corrected chi connectivity index (χ0v) is 13.1. The Balaban J connectivity index is 1.84. The van der Waals surface area contributed by atoms with Crippen molar-refractivity contribution in [2.45, 2.75) is 6.10 Å². The molecule has 1 fully saturated rings. The molecule has 0 radical (unpaired) electrons. The number of phenols is 1. The zero-order chi connectivity index (χ0) is 14.1. The quantitative estimate of drug-likeness (QED) is 0.796. The van der Waals surface area contributed by atoms with Crippen molar-refractivity contribution >= 4 is 22.6 Å². The van der Waals surface area contributed by atoms with Crippen LogP contribution in [0.25, 0.3) is 11.5 Å². The van der Waals surface area contributed by atoms with Gasteiger partial charge in [-0.2, -0.15) is 4.98 Å². The molecule has 6 nitrogen and oxygen atoms in total. The molecule has 3 rings (SSSR count). The van der Waals surface area contributed by atoms with Gasteiger partial charge in [0.2, 0.25) is 5.82 Å². The number of hydrogen-bond acceptors (Lipinski definition) is 6. The SMILES string of the molecule is CN1CCOC(c2noc(-c3ccc(I)c(O)c3)n2)C1. The van der Waals surface area contributed by atoms with Crippen molar-refractivity contribution in [3.05, 3.63) is 27.6 Å². The van der Waals surface area contributed by atoms with Crippen LogP contribution in [0.1, 0.15) is 11.9 Å². The third kappa shape index (κ3) is 2.79. The van der Waals surface area contributed by atoms with E-state index in [4.69, 9.17) is 9.26 Å². The second-order valence-electron chi connectivity index (χ2n) is 4.75. The molecule has 20 heavy (non-hydrogen) atoms. The summed E-state index contributed by atoms with van der Waals surface area (Å²) in [7, 11) is 2.04. The minimum atomic E-state index is -0.163. The fraction of sp³-hybridized carbons (Fsp3) is 0.385. The van der Waals surface area contributed by atoms with Crippen LogP contribution in [0, 0.1) is 3.57 Å². The van der Waals surface area contributed by atoms with Crippen molar-refractivity contribution in [2.75, 3.05) is 26.7 Å². The number of phenolic OH excluding ortho intramolecular Hbond substituents is 1. The Hall–Kier alpha value is -1.19. The summed E-state index contributed by atoms with van der Waals surface area (Å²) in [6.45, 7) is 2.32. The molecule has 1 aromatic heterocycles. The highest BCUT2D eigenvalue weighted by atomic mass is 127. The predicted molar refractivity (Wildman–Crippen MR) is 80.3 cm³/mol. The van der Waals surface area contributed by atoms with E-state index in [0.717, 1.165) is 16.7 Å². The summed E-state index contributed by atoms with van der Waals surface area (Å²) in [4.78, 5) is 6.53. The molecule has 0 saturated carbocycles. The van der Waals surface area contributed by atoms with Crippen LogP contribution in [0.5, 0.6) is 5.75 Å². The standard InChI is InChI=1S/C13H14IN3O3/c1-17-4-5-19-11(7-17)12-15-13(20-16-12)8-2-3-9(14)10(18)6-8/h2-3,6,11,18H,4-5,7H2,1H3. The van der Waals surface area contributed by atoms with Crippen LogP contribution in [0.3, 0.4) is 0 Å². The number of halogens is 1. The normalized spacial score (nSPS) is 20.2. The molecule has 106 valence electrons. The lowest BCUT2D eigenvalue weighted by Gasteiger charge is -2.27. The molecule has 2 heterocycles. The minimum absolute atomic E-state index is 0.163. The predicted octanol–water partition coefficient (Wildman–Crippen LogP) is 2.05. The summed E-state index contributed by atoms with van der Waals surface area (Å²) < 4.78 is 11.7. The van der Waals surface area contributed by atoms with Gasteiger partial charge in [-0.25, -0.2) is 0 Å². The summed E-state index contributed by atoms with van der Waals surface area (Å²) >= 11 is 2.06. The third-order valence-corrected chi connectivity index (χ3v) is 4.10. The van der Waals surface area contributed by atoms with E-state index in [1.54, 1.807) is 12.1 Å². The van der Waals surface area contributed by atoms with E-state index in [1.807, 2.05) is 13.1 Å². The minimum Gasteiger partial charge on any atom is -0.507 e. The molecule has 2 aromatic rings. The Morgan fingerprint density at radius 2 is 2.30 bits per heavy atom. The van der Waals surface area contributed by atoms with Crippen molar-refractivity contribution in [3.8, 4) is 17.2 Å². The number of rotatable bonds is 2. The number of morpholine rings is 1. The van der Waals surface area contributed by atoms with Crippen LogP contribution in [0.2, 0.25) is 0 Å². The third-order valence-electron chi connectivity index (χ3n) is 3.19. The summed E-state index contributed by atoms with van der Waals surface area (Å²) in [6, 6.07) is 5.26. The Kier molecular flexibility index (Phi) is 3.90. The maximum atomic E-state index is 9.72. The van der Waals surface area contributed by atoms with Gasteiger partial charge in [-0.1, -0.05) is 5.16 Å². The molecule has 1 aliphatic rings. The van der Waals surface area contributed by atoms with Gasteiger partial charge in [-0.3, -0.25) is 0 Å². The first-order valence-electron chi connectivity index (χ1n) is 6.26. The molecular formula is C13H14IN3O3. The van der Waals surface area contributed by atoms with Gasteiger partial charge in [0.15, 0.2) is 0 Å². The highest BCUT2D eigenvalue weighted by Gasteiger charge is 2.24. The van der Waals surface area contributed by atoms with Crippen LogP contribution in [0.4, 0.5) is 0 Å². The van der Waals surface area contributed by atoms with Gasteiger partial charge < -0.3 is 19.3 Å². The van der Waals surface area contributed by atoms with Crippen molar-refractivity contribution in [2.24, 2.45) is 0 Å². The lowest BCUT2D eigenvalue weighted by atomic mass is 10.2. The Morgan fingerprint density at radius 3 is 3.05 bits per heavy atom. The maximum Gasteiger partial charge on any atom is 0.258 e. The Morgan fingerprint density at radius 1 is 1.45 bits per heavy atom. The fourth-order valence-electron chi connectivity index (χ4n) is 2.06. The number of aromatic hydroxyl groups is 1. The van der Waals surface area contributed by atoms with Gasteiger partial charge in [0.1, 0.15) is 11.9 Å². The topological polar surface area (TPSA) is 71.6 Å². The van der Waals surface area contributed by atoms with Crippen LogP contribution in [-0.4, -0.2) is 46.9 Å². The van der Waals surface area contributed by atoms with Gasteiger partial charge in [0.05, 0.1) is 10.2 Å². The molecular weight excluding hydrogens is 373 g/mol. The van der Waals surface area contributed by atoms with E-state index in [2.05, 4.69) is 37.6 Å². The lowest BCUT2D eigenvalue weighted by molar-refractivity contribution is -0.0264. The first-order chi connectivity index (χ1) is 9.63. The maximum absolute atomic E-state index is 9.72.